The Morgan fingerprint density at radius 3 is 2.64 bits per heavy atom. The van der Waals surface area contributed by atoms with E-state index in [0.29, 0.717) is 30.3 Å². The van der Waals surface area contributed by atoms with E-state index < -0.39 is 29.4 Å². The molecule has 1 aliphatic rings. The molecule has 0 fully saturated rings. The molecule has 1 aromatic carbocycles. The molecule has 0 radical (unpaired) electrons. The summed E-state index contributed by atoms with van der Waals surface area (Å²) in [6.07, 6.45) is -3.65. The van der Waals surface area contributed by atoms with Gasteiger partial charge < -0.3 is 14.8 Å². The third kappa shape index (κ3) is 3.54. The van der Waals surface area contributed by atoms with Crippen molar-refractivity contribution in [1.82, 2.24) is 15.1 Å². The molecule has 2 heterocycles. The van der Waals surface area contributed by atoms with Crippen molar-refractivity contribution in [2.45, 2.75) is 19.1 Å². The van der Waals surface area contributed by atoms with Gasteiger partial charge in [-0.2, -0.15) is 18.3 Å². The zero-order valence-electron chi connectivity index (χ0n) is 13.6. The maximum absolute atomic E-state index is 13.0. The molecule has 134 valence electrons. The fourth-order valence-electron chi connectivity index (χ4n) is 2.55. The molecule has 1 unspecified atom stereocenters. The number of halogens is 3. The number of ether oxygens (including phenoxy) is 2. The summed E-state index contributed by atoms with van der Waals surface area (Å²) < 4.78 is 50.8. The number of carbonyl (C=O) groups excluding carboxylic acids is 1. The summed E-state index contributed by atoms with van der Waals surface area (Å²) >= 11 is 0. The molecule has 1 amide bonds. The van der Waals surface area contributed by atoms with Crippen LogP contribution in [0.1, 0.15) is 34.6 Å². The standard InChI is InChI=1S/C16H16F3N3O3/c1-9(10-3-4-12-13(7-10)25-6-5-24-12)20-15(23)11-8-22(2)21-14(11)16(17,18)19/h3-4,7-9H,5-6H2,1-2H3,(H,20,23). The van der Waals surface area contributed by atoms with Crippen LogP contribution in [0.5, 0.6) is 11.5 Å². The minimum atomic E-state index is -4.70. The quantitative estimate of drug-likeness (QED) is 0.919. The highest BCUT2D eigenvalue weighted by molar-refractivity contribution is 5.95. The first kappa shape index (κ1) is 17.1. The van der Waals surface area contributed by atoms with Crippen LogP contribution in [0.2, 0.25) is 0 Å². The molecule has 6 nitrogen and oxygen atoms in total. The maximum atomic E-state index is 13.0. The number of hydrogen-bond acceptors (Lipinski definition) is 4. The summed E-state index contributed by atoms with van der Waals surface area (Å²) in [4.78, 5) is 12.3. The average Bonchev–Trinajstić information content (AvgIpc) is 2.96. The van der Waals surface area contributed by atoms with Crippen molar-refractivity contribution >= 4 is 5.91 Å². The topological polar surface area (TPSA) is 65.4 Å². The highest BCUT2D eigenvalue weighted by Gasteiger charge is 2.39. The van der Waals surface area contributed by atoms with E-state index in [4.69, 9.17) is 9.47 Å². The number of fused-ring (bicyclic) bond motifs is 1. The number of rotatable bonds is 3. The van der Waals surface area contributed by atoms with Gasteiger partial charge in [-0.3, -0.25) is 9.48 Å². The molecule has 0 bridgehead atoms. The summed E-state index contributed by atoms with van der Waals surface area (Å²) in [6, 6.07) is 4.61. The number of aryl methyl sites for hydroxylation is 1. The largest absolute Gasteiger partial charge is 0.486 e. The number of amides is 1. The molecule has 1 aromatic heterocycles. The second kappa shape index (κ2) is 6.30. The first-order valence-corrected chi connectivity index (χ1v) is 7.57. The van der Waals surface area contributed by atoms with Gasteiger partial charge in [0.25, 0.3) is 5.91 Å². The van der Waals surface area contributed by atoms with Gasteiger partial charge in [-0.25, -0.2) is 0 Å². The molecular weight excluding hydrogens is 339 g/mol. The summed E-state index contributed by atoms with van der Waals surface area (Å²) in [7, 11) is 1.33. The van der Waals surface area contributed by atoms with Crippen molar-refractivity contribution in [2.24, 2.45) is 7.05 Å². The number of nitrogens with zero attached hydrogens (tertiary/aromatic N) is 2. The van der Waals surface area contributed by atoms with E-state index >= 15 is 0 Å². The van der Waals surface area contributed by atoms with Crippen molar-refractivity contribution < 1.29 is 27.4 Å². The van der Waals surface area contributed by atoms with Crippen LogP contribution < -0.4 is 14.8 Å². The maximum Gasteiger partial charge on any atom is 0.435 e. The Labute approximate surface area is 141 Å². The van der Waals surface area contributed by atoms with E-state index in [-0.39, 0.29) is 0 Å². The van der Waals surface area contributed by atoms with E-state index in [9.17, 15) is 18.0 Å². The molecule has 0 aliphatic carbocycles. The number of nitrogens with one attached hydrogen (secondary N) is 1. The third-order valence-electron chi connectivity index (χ3n) is 3.76. The number of aromatic nitrogens is 2. The Balaban J connectivity index is 1.79. The molecule has 0 saturated heterocycles. The van der Waals surface area contributed by atoms with Gasteiger partial charge in [0.2, 0.25) is 0 Å². The Bertz CT molecular complexity index is 802. The predicted molar refractivity (Wildman–Crippen MR) is 81.5 cm³/mol. The smallest absolute Gasteiger partial charge is 0.435 e. The monoisotopic (exact) mass is 355 g/mol. The second-order valence-electron chi connectivity index (χ2n) is 5.66. The van der Waals surface area contributed by atoms with Gasteiger partial charge in [0.15, 0.2) is 17.2 Å². The van der Waals surface area contributed by atoms with Crippen molar-refractivity contribution in [3.63, 3.8) is 0 Å². The summed E-state index contributed by atoms with van der Waals surface area (Å²) in [5.41, 5.74) is -1.03. The lowest BCUT2D eigenvalue weighted by Crippen LogP contribution is -2.28. The van der Waals surface area contributed by atoms with Crippen molar-refractivity contribution in [3.05, 3.63) is 41.2 Å². The van der Waals surface area contributed by atoms with Crippen molar-refractivity contribution in [2.75, 3.05) is 13.2 Å². The zero-order valence-corrected chi connectivity index (χ0v) is 13.6. The number of hydrogen-bond donors (Lipinski definition) is 1. The van der Waals surface area contributed by atoms with E-state index in [1.54, 1.807) is 25.1 Å². The summed E-state index contributed by atoms with van der Waals surface area (Å²) in [6.45, 7) is 2.55. The first-order valence-electron chi connectivity index (χ1n) is 7.57. The lowest BCUT2D eigenvalue weighted by atomic mass is 10.1. The highest BCUT2D eigenvalue weighted by Crippen LogP contribution is 2.33. The molecule has 0 saturated carbocycles. The molecule has 3 rings (SSSR count). The van der Waals surface area contributed by atoms with Crippen LogP contribution in [0.15, 0.2) is 24.4 Å². The average molecular weight is 355 g/mol. The molecule has 2 aromatic rings. The SMILES string of the molecule is CC(NC(=O)c1cn(C)nc1C(F)(F)F)c1ccc2c(c1)OCCO2. The molecule has 1 atom stereocenters. The summed E-state index contributed by atoms with van der Waals surface area (Å²) in [5.74, 6) is 0.296. The minimum Gasteiger partial charge on any atom is -0.486 e. The fourth-order valence-corrected chi connectivity index (χ4v) is 2.55. The molecule has 0 spiro atoms. The molecular formula is C16H16F3N3O3. The van der Waals surface area contributed by atoms with Crippen LogP contribution in [-0.2, 0) is 13.2 Å². The Morgan fingerprint density at radius 1 is 1.28 bits per heavy atom. The predicted octanol–water partition coefficient (Wildman–Crippen LogP) is 2.70. The van der Waals surface area contributed by atoms with Crippen molar-refractivity contribution in [3.8, 4) is 11.5 Å². The van der Waals surface area contributed by atoms with Crippen LogP contribution in [0.4, 0.5) is 13.2 Å². The Hall–Kier alpha value is -2.71. The minimum absolute atomic E-state index is 0.418. The van der Waals surface area contributed by atoms with Gasteiger partial charge in [-0.15, -0.1) is 0 Å². The van der Waals surface area contributed by atoms with Gasteiger partial charge in [-0.1, -0.05) is 6.07 Å². The zero-order chi connectivity index (χ0) is 18.2. The van der Waals surface area contributed by atoms with E-state index in [0.717, 1.165) is 10.9 Å². The van der Waals surface area contributed by atoms with Gasteiger partial charge in [0, 0.05) is 13.2 Å². The lowest BCUT2D eigenvalue weighted by Gasteiger charge is -2.21. The summed E-state index contributed by atoms with van der Waals surface area (Å²) in [5, 5.41) is 5.89. The fraction of sp³-hybridized carbons (Fsp3) is 0.375. The van der Waals surface area contributed by atoms with Gasteiger partial charge >= 0.3 is 6.18 Å². The van der Waals surface area contributed by atoms with E-state index in [1.807, 2.05) is 0 Å². The molecule has 25 heavy (non-hydrogen) atoms. The molecule has 1 N–H and O–H groups in total. The Morgan fingerprint density at radius 2 is 1.96 bits per heavy atom. The van der Waals surface area contributed by atoms with Crippen LogP contribution in [0.25, 0.3) is 0 Å². The van der Waals surface area contributed by atoms with Gasteiger partial charge in [0.05, 0.1) is 11.6 Å². The molecule has 9 heteroatoms. The number of carbonyl (C=O) groups is 1. The number of alkyl halides is 3. The first-order chi connectivity index (χ1) is 11.8. The number of benzene rings is 1. The van der Waals surface area contributed by atoms with Crippen LogP contribution in [-0.4, -0.2) is 28.9 Å². The highest BCUT2D eigenvalue weighted by atomic mass is 19.4. The van der Waals surface area contributed by atoms with Gasteiger partial charge in [0.1, 0.15) is 13.2 Å². The normalized spacial score (nSPS) is 14.9. The molecule has 1 aliphatic heterocycles. The van der Waals surface area contributed by atoms with E-state index in [2.05, 4.69) is 10.4 Å². The van der Waals surface area contributed by atoms with Crippen LogP contribution in [0, 0.1) is 0 Å². The van der Waals surface area contributed by atoms with E-state index in [1.165, 1.54) is 7.05 Å². The van der Waals surface area contributed by atoms with Crippen LogP contribution in [0.3, 0.4) is 0 Å². The Kier molecular flexibility index (Phi) is 4.32. The van der Waals surface area contributed by atoms with Crippen LogP contribution >= 0.6 is 0 Å². The third-order valence-corrected chi connectivity index (χ3v) is 3.76. The second-order valence-corrected chi connectivity index (χ2v) is 5.66. The van der Waals surface area contributed by atoms with Gasteiger partial charge in [-0.05, 0) is 24.6 Å². The van der Waals surface area contributed by atoms with Crippen molar-refractivity contribution in [1.29, 1.82) is 0 Å². The lowest BCUT2D eigenvalue weighted by molar-refractivity contribution is -0.141.